The summed E-state index contributed by atoms with van der Waals surface area (Å²) in [6.07, 6.45) is 1.97. The summed E-state index contributed by atoms with van der Waals surface area (Å²) in [5, 5.41) is 6.38. The summed E-state index contributed by atoms with van der Waals surface area (Å²) in [5.74, 6) is -1.07. The van der Waals surface area contributed by atoms with E-state index in [0.29, 0.717) is 11.7 Å². The van der Waals surface area contributed by atoms with Crippen LogP contribution in [0.1, 0.15) is 12.8 Å². The Hall–Kier alpha value is -1.16. The molecule has 0 bridgehead atoms. The van der Waals surface area contributed by atoms with Gasteiger partial charge in [0.1, 0.15) is 11.6 Å². The van der Waals surface area contributed by atoms with Gasteiger partial charge in [0, 0.05) is 17.8 Å². The summed E-state index contributed by atoms with van der Waals surface area (Å²) in [7, 11) is 0. The van der Waals surface area contributed by atoms with Gasteiger partial charge in [-0.05, 0) is 38.1 Å². The monoisotopic (exact) mass is 212 g/mol. The van der Waals surface area contributed by atoms with E-state index in [1.807, 2.05) is 0 Å². The third-order valence-corrected chi connectivity index (χ3v) is 2.57. The van der Waals surface area contributed by atoms with Crippen LogP contribution in [0.5, 0.6) is 0 Å². The summed E-state index contributed by atoms with van der Waals surface area (Å²) >= 11 is 0. The van der Waals surface area contributed by atoms with Gasteiger partial charge in [0.2, 0.25) is 0 Å². The first-order chi connectivity index (χ1) is 7.24. The second-order valence-corrected chi connectivity index (χ2v) is 3.83. The minimum Gasteiger partial charge on any atom is -0.382 e. The molecule has 15 heavy (non-hydrogen) atoms. The lowest BCUT2D eigenvalue weighted by atomic mass is 10.1. The molecule has 4 heteroatoms. The van der Waals surface area contributed by atoms with E-state index in [0.717, 1.165) is 32.0 Å². The van der Waals surface area contributed by atoms with Gasteiger partial charge in [0.05, 0.1) is 0 Å². The minimum absolute atomic E-state index is 0.312. The third kappa shape index (κ3) is 2.89. The maximum absolute atomic E-state index is 12.9. The van der Waals surface area contributed by atoms with Crippen molar-refractivity contribution in [2.45, 2.75) is 18.9 Å². The zero-order chi connectivity index (χ0) is 10.7. The number of halogens is 2. The molecule has 1 fully saturated rings. The number of hydrogen-bond donors (Lipinski definition) is 2. The van der Waals surface area contributed by atoms with Crippen LogP contribution in [-0.2, 0) is 0 Å². The van der Waals surface area contributed by atoms with E-state index in [-0.39, 0.29) is 0 Å². The normalized spacial score (nSPS) is 17.7. The number of rotatable bonds is 2. The summed E-state index contributed by atoms with van der Waals surface area (Å²) in [4.78, 5) is 0. The Morgan fingerprint density at radius 1 is 1.07 bits per heavy atom. The molecule has 1 aliphatic rings. The maximum Gasteiger partial charge on any atom is 0.128 e. The van der Waals surface area contributed by atoms with E-state index in [2.05, 4.69) is 10.6 Å². The molecule has 1 aromatic rings. The molecule has 0 aliphatic carbocycles. The highest BCUT2D eigenvalue weighted by Crippen LogP contribution is 2.16. The zero-order valence-corrected chi connectivity index (χ0v) is 8.39. The van der Waals surface area contributed by atoms with Crippen molar-refractivity contribution in [2.75, 3.05) is 18.4 Å². The van der Waals surface area contributed by atoms with Crippen LogP contribution >= 0.6 is 0 Å². The molecule has 0 amide bonds. The molecule has 82 valence electrons. The van der Waals surface area contributed by atoms with Gasteiger partial charge < -0.3 is 10.6 Å². The van der Waals surface area contributed by atoms with Gasteiger partial charge in [-0.25, -0.2) is 8.78 Å². The predicted octanol–water partition coefficient (Wildman–Crippen LogP) is 2.13. The van der Waals surface area contributed by atoms with Crippen LogP contribution in [0, 0.1) is 11.6 Å². The molecule has 1 saturated heterocycles. The summed E-state index contributed by atoms with van der Waals surface area (Å²) in [6.45, 7) is 1.91. The van der Waals surface area contributed by atoms with Crippen LogP contribution in [0.4, 0.5) is 14.5 Å². The van der Waals surface area contributed by atoms with Crippen LogP contribution in [-0.4, -0.2) is 19.1 Å². The summed E-state index contributed by atoms with van der Waals surface area (Å²) in [5.41, 5.74) is 0.527. The standard InChI is InChI=1S/C11H14F2N2/c12-8-5-9(13)7-11(6-8)15-10-1-3-14-4-2-10/h5-7,10,14-15H,1-4H2. The van der Waals surface area contributed by atoms with Crippen molar-refractivity contribution in [1.82, 2.24) is 5.32 Å². The lowest BCUT2D eigenvalue weighted by molar-refractivity contribution is 0.478. The topological polar surface area (TPSA) is 24.1 Å². The summed E-state index contributed by atoms with van der Waals surface area (Å²) < 4.78 is 25.8. The first-order valence-corrected chi connectivity index (χ1v) is 5.17. The maximum atomic E-state index is 12.9. The first-order valence-electron chi connectivity index (χ1n) is 5.17. The Kier molecular flexibility index (Phi) is 3.16. The zero-order valence-electron chi connectivity index (χ0n) is 8.39. The number of benzene rings is 1. The van der Waals surface area contributed by atoms with Crippen LogP contribution in [0.15, 0.2) is 18.2 Å². The highest BCUT2D eigenvalue weighted by atomic mass is 19.1. The largest absolute Gasteiger partial charge is 0.382 e. The van der Waals surface area contributed by atoms with Gasteiger partial charge in [0.25, 0.3) is 0 Å². The van der Waals surface area contributed by atoms with Crippen molar-refractivity contribution in [1.29, 1.82) is 0 Å². The van der Waals surface area contributed by atoms with Crippen molar-refractivity contribution in [3.05, 3.63) is 29.8 Å². The highest BCUT2D eigenvalue weighted by Gasteiger charge is 2.12. The SMILES string of the molecule is Fc1cc(F)cc(NC2CCNCC2)c1. The quantitative estimate of drug-likeness (QED) is 0.784. The fourth-order valence-electron chi connectivity index (χ4n) is 1.84. The molecule has 2 rings (SSSR count). The molecule has 0 atom stereocenters. The third-order valence-electron chi connectivity index (χ3n) is 2.57. The van der Waals surface area contributed by atoms with Crippen LogP contribution < -0.4 is 10.6 Å². The average molecular weight is 212 g/mol. The van der Waals surface area contributed by atoms with Crippen molar-refractivity contribution in [2.24, 2.45) is 0 Å². The fraction of sp³-hybridized carbons (Fsp3) is 0.455. The van der Waals surface area contributed by atoms with Crippen LogP contribution in [0.3, 0.4) is 0 Å². The van der Waals surface area contributed by atoms with E-state index in [4.69, 9.17) is 0 Å². The molecule has 0 radical (unpaired) electrons. The highest BCUT2D eigenvalue weighted by molar-refractivity contribution is 5.44. The Morgan fingerprint density at radius 2 is 1.67 bits per heavy atom. The van der Waals surface area contributed by atoms with Crippen molar-refractivity contribution in [3.8, 4) is 0 Å². The van der Waals surface area contributed by atoms with Gasteiger partial charge in [-0.15, -0.1) is 0 Å². The Labute approximate surface area is 87.7 Å². The van der Waals surface area contributed by atoms with Crippen molar-refractivity contribution < 1.29 is 8.78 Å². The Morgan fingerprint density at radius 3 is 2.27 bits per heavy atom. The second-order valence-electron chi connectivity index (χ2n) is 3.83. The van der Waals surface area contributed by atoms with E-state index >= 15 is 0 Å². The molecule has 0 unspecified atom stereocenters. The fourth-order valence-corrected chi connectivity index (χ4v) is 1.84. The Bertz CT molecular complexity index is 315. The van der Waals surface area contributed by atoms with Gasteiger partial charge in [-0.1, -0.05) is 0 Å². The average Bonchev–Trinajstić information content (AvgIpc) is 2.17. The van der Waals surface area contributed by atoms with E-state index < -0.39 is 11.6 Å². The minimum atomic E-state index is -0.536. The smallest absolute Gasteiger partial charge is 0.128 e. The van der Waals surface area contributed by atoms with Gasteiger partial charge in [0.15, 0.2) is 0 Å². The lowest BCUT2D eigenvalue weighted by Gasteiger charge is -2.24. The van der Waals surface area contributed by atoms with E-state index in [9.17, 15) is 8.78 Å². The number of piperidine rings is 1. The van der Waals surface area contributed by atoms with Crippen LogP contribution in [0.25, 0.3) is 0 Å². The number of nitrogens with one attached hydrogen (secondary N) is 2. The van der Waals surface area contributed by atoms with Gasteiger partial charge in [-0.2, -0.15) is 0 Å². The van der Waals surface area contributed by atoms with E-state index in [1.54, 1.807) is 0 Å². The predicted molar refractivity (Wildman–Crippen MR) is 55.9 cm³/mol. The summed E-state index contributed by atoms with van der Waals surface area (Å²) in [6, 6.07) is 3.84. The Balaban J connectivity index is 2.02. The molecular formula is C11H14F2N2. The molecule has 0 saturated carbocycles. The molecule has 1 aromatic carbocycles. The molecule has 0 aromatic heterocycles. The van der Waals surface area contributed by atoms with Crippen molar-refractivity contribution in [3.63, 3.8) is 0 Å². The number of anilines is 1. The van der Waals surface area contributed by atoms with Gasteiger partial charge >= 0.3 is 0 Å². The van der Waals surface area contributed by atoms with E-state index in [1.165, 1.54) is 12.1 Å². The molecule has 0 spiro atoms. The first kappa shape index (κ1) is 10.4. The molecule has 2 nitrogen and oxygen atoms in total. The number of hydrogen-bond acceptors (Lipinski definition) is 2. The van der Waals surface area contributed by atoms with Crippen molar-refractivity contribution >= 4 is 5.69 Å². The molecule has 2 N–H and O–H groups in total. The lowest BCUT2D eigenvalue weighted by Crippen LogP contribution is -2.35. The van der Waals surface area contributed by atoms with Gasteiger partial charge in [-0.3, -0.25) is 0 Å². The second kappa shape index (κ2) is 4.57. The molecular weight excluding hydrogens is 198 g/mol. The van der Waals surface area contributed by atoms with Crippen LogP contribution in [0.2, 0.25) is 0 Å². The molecule has 1 heterocycles. The molecule has 1 aliphatic heterocycles.